The SMILES string of the molecule is C/C(=C\C(=O)Nc1ccccc1OCCCC(=O)O)c1ccc2c(ccn2CC(C)(C)C)c1.Cc1ccccc1. The normalized spacial score (nSPS) is 11.5. The quantitative estimate of drug-likeness (QED) is 0.167. The van der Waals surface area contributed by atoms with Gasteiger partial charge in [-0.25, -0.2) is 0 Å². The lowest BCUT2D eigenvalue weighted by atomic mass is 9.97. The standard InChI is InChI=1S/C27H32N2O4.C7H8/c1-19(20-11-12-23-21(17-20)13-14-29(23)18-27(2,3)4)16-25(30)28-22-8-5-6-9-24(22)33-15-7-10-26(31)32;1-7-5-3-2-4-6-7/h5-6,8-9,11-14,16-17H,7,10,15,18H2,1-4H3,(H,28,30)(H,31,32);2-6H,1H3/b19-16+;. The van der Waals surface area contributed by atoms with E-state index >= 15 is 0 Å². The molecule has 6 nitrogen and oxygen atoms in total. The number of allylic oxidation sites excluding steroid dienone is 1. The molecule has 6 heteroatoms. The summed E-state index contributed by atoms with van der Waals surface area (Å²) >= 11 is 0. The average Bonchev–Trinajstić information content (AvgIpc) is 3.28. The predicted octanol–water partition coefficient (Wildman–Crippen LogP) is 7.97. The van der Waals surface area contributed by atoms with Gasteiger partial charge in [-0.2, -0.15) is 0 Å². The highest BCUT2D eigenvalue weighted by Gasteiger charge is 2.13. The molecule has 2 N–H and O–H groups in total. The number of para-hydroxylation sites is 2. The summed E-state index contributed by atoms with van der Waals surface area (Å²) in [6.07, 6.45) is 4.13. The summed E-state index contributed by atoms with van der Waals surface area (Å²) in [4.78, 5) is 23.3. The van der Waals surface area contributed by atoms with Gasteiger partial charge in [-0.1, -0.05) is 74.9 Å². The van der Waals surface area contributed by atoms with E-state index in [-0.39, 0.29) is 24.3 Å². The van der Waals surface area contributed by atoms with Crippen LogP contribution in [-0.2, 0) is 16.1 Å². The van der Waals surface area contributed by atoms with Crippen molar-refractivity contribution in [3.8, 4) is 5.75 Å². The number of carboxylic acids is 1. The minimum atomic E-state index is -0.857. The maximum absolute atomic E-state index is 12.7. The number of aliphatic carboxylic acids is 1. The van der Waals surface area contributed by atoms with Crippen molar-refractivity contribution in [1.29, 1.82) is 0 Å². The maximum Gasteiger partial charge on any atom is 0.303 e. The number of nitrogens with one attached hydrogen (secondary N) is 1. The molecular formula is C34H40N2O4. The molecule has 4 rings (SSSR count). The van der Waals surface area contributed by atoms with Gasteiger partial charge < -0.3 is 19.7 Å². The van der Waals surface area contributed by atoms with Crippen molar-refractivity contribution in [3.05, 3.63) is 102 Å². The van der Waals surface area contributed by atoms with Crippen LogP contribution in [0.15, 0.2) is 91.1 Å². The van der Waals surface area contributed by atoms with Crippen LogP contribution < -0.4 is 10.1 Å². The molecule has 0 aliphatic rings. The van der Waals surface area contributed by atoms with Crippen LogP contribution >= 0.6 is 0 Å². The zero-order valence-electron chi connectivity index (χ0n) is 24.1. The van der Waals surface area contributed by atoms with Gasteiger partial charge in [-0.05, 0) is 67.2 Å². The van der Waals surface area contributed by atoms with Crippen LogP contribution in [0.4, 0.5) is 5.69 Å². The maximum atomic E-state index is 12.7. The summed E-state index contributed by atoms with van der Waals surface area (Å²) in [5, 5.41) is 12.8. The van der Waals surface area contributed by atoms with E-state index < -0.39 is 5.97 Å². The average molecular weight is 541 g/mol. The predicted molar refractivity (Wildman–Crippen MR) is 164 cm³/mol. The molecule has 0 atom stereocenters. The van der Waals surface area contributed by atoms with Crippen molar-refractivity contribution < 1.29 is 19.4 Å². The largest absolute Gasteiger partial charge is 0.491 e. The molecule has 0 saturated heterocycles. The monoisotopic (exact) mass is 540 g/mol. The minimum absolute atomic E-state index is 0.0421. The third-order valence-corrected chi connectivity index (χ3v) is 6.10. The van der Waals surface area contributed by atoms with Gasteiger partial charge in [0.15, 0.2) is 0 Å². The van der Waals surface area contributed by atoms with Crippen molar-refractivity contribution >= 4 is 34.0 Å². The number of carbonyl (C=O) groups is 2. The van der Waals surface area contributed by atoms with Crippen molar-refractivity contribution in [3.63, 3.8) is 0 Å². The van der Waals surface area contributed by atoms with Crippen molar-refractivity contribution in [2.45, 2.75) is 54.0 Å². The Morgan fingerprint density at radius 3 is 2.33 bits per heavy atom. The van der Waals surface area contributed by atoms with Crippen LogP contribution in [0.1, 0.15) is 51.7 Å². The van der Waals surface area contributed by atoms with Crippen molar-refractivity contribution in [1.82, 2.24) is 4.57 Å². The first-order valence-electron chi connectivity index (χ1n) is 13.6. The molecule has 3 aromatic carbocycles. The molecule has 0 saturated carbocycles. The number of benzene rings is 3. The fraction of sp³-hybridized carbons (Fsp3) is 0.294. The molecule has 0 aliphatic carbocycles. The first-order chi connectivity index (χ1) is 19.0. The topological polar surface area (TPSA) is 80.6 Å². The molecule has 0 bridgehead atoms. The summed E-state index contributed by atoms with van der Waals surface area (Å²) < 4.78 is 7.92. The summed E-state index contributed by atoms with van der Waals surface area (Å²) in [5.74, 6) is -0.590. The van der Waals surface area contributed by atoms with Crippen LogP contribution in [-0.4, -0.2) is 28.2 Å². The third kappa shape index (κ3) is 9.77. The Morgan fingerprint density at radius 1 is 0.975 bits per heavy atom. The van der Waals surface area contributed by atoms with Crippen molar-refractivity contribution in [2.75, 3.05) is 11.9 Å². The highest BCUT2D eigenvalue weighted by molar-refractivity contribution is 6.04. The molecule has 1 heterocycles. The summed E-state index contributed by atoms with van der Waals surface area (Å²) in [6, 6.07) is 25.8. The number of ether oxygens (including phenoxy) is 1. The van der Waals surface area contributed by atoms with Gasteiger partial charge in [-0.15, -0.1) is 0 Å². The molecule has 0 radical (unpaired) electrons. The fourth-order valence-electron chi connectivity index (χ4n) is 4.18. The van der Waals surface area contributed by atoms with E-state index in [2.05, 4.69) is 74.1 Å². The van der Waals surface area contributed by atoms with Crippen LogP contribution in [0.2, 0.25) is 0 Å². The lowest BCUT2D eigenvalue weighted by Crippen LogP contribution is -2.14. The van der Waals surface area contributed by atoms with E-state index in [1.54, 1.807) is 18.2 Å². The Bertz CT molecular complexity index is 1450. The van der Waals surface area contributed by atoms with Gasteiger partial charge in [0.2, 0.25) is 5.91 Å². The zero-order valence-corrected chi connectivity index (χ0v) is 24.1. The smallest absolute Gasteiger partial charge is 0.303 e. The van der Waals surface area contributed by atoms with Crippen LogP contribution in [0, 0.1) is 12.3 Å². The van der Waals surface area contributed by atoms with E-state index in [9.17, 15) is 9.59 Å². The number of anilines is 1. The van der Waals surface area contributed by atoms with Gasteiger partial charge in [0.1, 0.15) is 5.75 Å². The molecule has 0 fully saturated rings. The Balaban J connectivity index is 0.000000547. The van der Waals surface area contributed by atoms with Gasteiger partial charge in [-0.3, -0.25) is 9.59 Å². The lowest BCUT2D eigenvalue weighted by Gasteiger charge is -2.19. The van der Waals surface area contributed by atoms with E-state index in [1.807, 2.05) is 43.3 Å². The number of hydrogen-bond acceptors (Lipinski definition) is 3. The number of fused-ring (bicyclic) bond motifs is 1. The van der Waals surface area contributed by atoms with Crippen LogP contribution in [0.3, 0.4) is 0 Å². The molecular weight excluding hydrogens is 500 g/mol. The Kier molecular flexibility index (Phi) is 10.7. The molecule has 0 spiro atoms. The molecule has 40 heavy (non-hydrogen) atoms. The lowest BCUT2D eigenvalue weighted by molar-refractivity contribution is -0.137. The number of aryl methyl sites for hydroxylation is 1. The van der Waals surface area contributed by atoms with Crippen molar-refractivity contribution in [2.24, 2.45) is 5.41 Å². The summed E-state index contributed by atoms with van der Waals surface area (Å²) in [5.41, 5.74) is 5.09. The van der Waals surface area contributed by atoms with E-state index in [0.717, 1.165) is 23.1 Å². The zero-order chi connectivity index (χ0) is 29.1. The Labute approximate surface area is 237 Å². The van der Waals surface area contributed by atoms with E-state index in [0.29, 0.717) is 17.9 Å². The molecule has 210 valence electrons. The van der Waals surface area contributed by atoms with Gasteiger partial charge in [0.25, 0.3) is 0 Å². The molecule has 4 aromatic rings. The number of hydrogen-bond donors (Lipinski definition) is 2. The summed E-state index contributed by atoms with van der Waals surface area (Å²) in [6.45, 7) is 11.9. The Morgan fingerprint density at radius 2 is 1.68 bits per heavy atom. The third-order valence-electron chi connectivity index (χ3n) is 6.10. The fourth-order valence-corrected chi connectivity index (χ4v) is 4.18. The first kappa shape index (κ1) is 30.2. The number of carbonyl (C=O) groups excluding carboxylic acids is 1. The molecule has 0 unspecified atom stereocenters. The van der Waals surface area contributed by atoms with E-state index in [4.69, 9.17) is 9.84 Å². The second-order valence-corrected chi connectivity index (χ2v) is 11.1. The second-order valence-electron chi connectivity index (χ2n) is 11.1. The number of nitrogens with zero attached hydrogens (tertiary/aromatic N) is 1. The highest BCUT2D eigenvalue weighted by Crippen LogP contribution is 2.27. The van der Waals surface area contributed by atoms with Crippen LogP contribution in [0.25, 0.3) is 16.5 Å². The Hall–Kier alpha value is -4.32. The highest BCUT2D eigenvalue weighted by atomic mass is 16.5. The second kappa shape index (κ2) is 14.2. The number of aromatic nitrogens is 1. The van der Waals surface area contributed by atoms with Gasteiger partial charge >= 0.3 is 5.97 Å². The number of amides is 1. The molecule has 1 aromatic heterocycles. The minimum Gasteiger partial charge on any atom is -0.491 e. The molecule has 1 amide bonds. The first-order valence-corrected chi connectivity index (χ1v) is 13.6. The van der Waals surface area contributed by atoms with E-state index in [1.165, 1.54) is 11.1 Å². The van der Waals surface area contributed by atoms with Gasteiger partial charge in [0.05, 0.1) is 12.3 Å². The van der Waals surface area contributed by atoms with Crippen LogP contribution in [0.5, 0.6) is 5.75 Å². The van der Waals surface area contributed by atoms with Gasteiger partial charge in [0, 0.05) is 36.1 Å². The summed E-state index contributed by atoms with van der Waals surface area (Å²) in [7, 11) is 0. The molecule has 0 aliphatic heterocycles. The number of carboxylic acid groups (broad SMARTS) is 1. The number of rotatable bonds is 9.